The van der Waals surface area contributed by atoms with Crippen LogP contribution in [0.5, 0.6) is 0 Å². The molecule has 1 N–H and O–H groups in total. The third kappa shape index (κ3) is 2.32. The van der Waals surface area contributed by atoms with Crippen LogP contribution in [0.25, 0.3) is 11.3 Å². The van der Waals surface area contributed by atoms with E-state index in [-0.39, 0.29) is 22.0 Å². The summed E-state index contributed by atoms with van der Waals surface area (Å²) in [5.74, 6) is -1.77. The first kappa shape index (κ1) is 12.1. The van der Waals surface area contributed by atoms with E-state index in [1.54, 1.807) is 0 Å². The Morgan fingerprint density at radius 2 is 2.18 bits per heavy atom. The fourth-order valence-electron chi connectivity index (χ4n) is 1.24. The summed E-state index contributed by atoms with van der Waals surface area (Å²) in [6, 6.07) is 3.88. The molecule has 7 heteroatoms. The molecule has 0 spiro atoms. The summed E-state index contributed by atoms with van der Waals surface area (Å²) in [7, 11) is 0. The van der Waals surface area contributed by atoms with Gasteiger partial charge in [0.1, 0.15) is 5.82 Å². The predicted octanol–water partition coefficient (Wildman–Crippen LogP) is 3.59. The smallest absolute Gasteiger partial charge is 0.358 e. The van der Waals surface area contributed by atoms with E-state index in [0.29, 0.717) is 4.47 Å². The molecule has 1 heterocycles. The van der Waals surface area contributed by atoms with E-state index in [2.05, 4.69) is 21.1 Å². The maximum absolute atomic E-state index is 13.4. The van der Waals surface area contributed by atoms with Crippen LogP contribution in [0.3, 0.4) is 0 Å². The lowest BCUT2D eigenvalue weighted by Crippen LogP contribution is -1.94. The summed E-state index contributed by atoms with van der Waals surface area (Å²) in [5, 5.41) is 11.9. The summed E-state index contributed by atoms with van der Waals surface area (Å²) < 4.78 is 18.6. The molecular formula is C10H4BrClFNO3. The van der Waals surface area contributed by atoms with Gasteiger partial charge in [-0.15, -0.1) is 0 Å². The van der Waals surface area contributed by atoms with Gasteiger partial charge in [-0.1, -0.05) is 32.7 Å². The number of hydrogen-bond acceptors (Lipinski definition) is 3. The zero-order valence-electron chi connectivity index (χ0n) is 8.08. The number of carbonyl (C=O) groups is 1. The van der Waals surface area contributed by atoms with Crippen molar-refractivity contribution in [2.24, 2.45) is 0 Å². The van der Waals surface area contributed by atoms with Crippen LogP contribution >= 0.6 is 27.5 Å². The molecule has 0 fully saturated rings. The van der Waals surface area contributed by atoms with Crippen LogP contribution in [0.15, 0.2) is 27.2 Å². The Bertz CT molecular complexity index is 599. The van der Waals surface area contributed by atoms with Crippen molar-refractivity contribution in [2.45, 2.75) is 0 Å². The number of halogens is 3. The molecule has 4 nitrogen and oxygen atoms in total. The number of aromatic nitrogens is 1. The second-order valence-corrected chi connectivity index (χ2v) is 4.42. The minimum Gasteiger partial charge on any atom is -0.476 e. The minimum atomic E-state index is -1.23. The molecule has 0 atom stereocenters. The number of benzene rings is 1. The molecule has 0 saturated carbocycles. The number of aromatic carboxylic acids is 1. The third-order valence-corrected chi connectivity index (χ3v) is 2.83. The molecule has 0 saturated heterocycles. The molecular weight excluding hydrogens is 316 g/mol. The molecule has 0 bridgehead atoms. The highest BCUT2D eigenvalue weighted by Crippen LogP contribution is 2.33. The van der Waals surface area contributed by atoms with E-state index < -0.39 is 11.8 Å². The van der Waals surface area contributed by atoms with Crippen LogP contribution in [-0.4, -0.2) is 16.2 Å². The largest absolute Gasteiger partial charge is 0.476 e. The molecule has 2 aromatic rings. The van der Waals surface area contributed by atoms with Crippen LogP contribution in [0.2, 0.25) is 5.02 Å². The average Bonchev–Trinajstić information content (AvgIpc) is 2.72. The van der Waals surface area contributed by atoms with Crippen LogP contribution in [0, 0.1) is 5.82 Å². The lowest BCUT2D eigenvalue weighted by atomic mass is 10.1. The molecule has 1 aromatic heterocycles. The van der Waals surface area contributed by atoms with Gasteiger partial charge in [-0.2, -0.15) is 0 Å². The van der Waals surface area contributed by atoms with Gasteiger partial charge in [0, 0.05) is 16.1 Å². The number of carboxylic acids is 1. The number of hydrogen-bond donors (Lipinski definition) is 1. The Hall–Kier alpha value is -1.40. The van der Waals surface area contributed by atoms with Crippen molar-refractivity contribution in [1.82, 2.24) is 5.16 Å². The Balaban J connectivity index is 2.56. The van der Waals surface area contributed by atoms with E-state index in [9.17, 15) is 9.18 Å². The highest BCUT2D eigenvalue weighted by atomic mass is 79.9. The van der Waals surface area contributed by atoms with Gasteiger partial charge in [0.25, 0.3) is 0 Å². The quantitative estimate of drug-likeness (QED) is 0.859. The van der Waals surface area contributed by atoms with Crippen molar-refractivity contribution in [2.75, 3.05) is 0 Å². The first-order chi connectivity index (χ1) is 7.99. The van der Waals surface area contributed by atoms with Crippen LogP contribution < -0.4 is 0 Å². The maximum Gasteiger partial charge on any atom is 0.358 e. The van der Waals surface area contributed by atoms with Crippen molar-refractivity contribution in [3.8, 4) is 11.3 Å². The SMILES string of the molecule is O=C(O)c1cc(-c2cc(Br)cc(F)c2Cl)on1. The van der Waals surface area contributed by atoms with Crippen molar-refractivity contribution >= 4 is 33.5 Å². The Morgan fingerprint density at radius 1 is 1.47 bits per heavy atom. The lowest BCUT2D eigenvalue weighted by Gasteiger charge is -2.01. The molecule has 0 unspecified atom stereocenters. The van der Waals surface area contributed by atoms with Gasteiger partial charge >= 0.3 is 5.97 Å². The van der Waals surface area contributed by atoms with Crippen molar-refractivity contribution < 1.29 is 18.8 Å². The van der Waals surface area contributed by atoms with Crippen molar-refractivity contribution in [1.29, 1.82) is 0 Å². The first-order valence-electron chi connectivity index (χ1n) is 4.34. The zero-order valence-corrected chi connectivity index (χ0v) is 10.4. The van der Waals surface area contributed by atoms with Crippen LogP contribution in [-0.2, 0) is 0 Å². The van der Waals surface area contributed by atoms with Crippen molar-refractivity contribution in [3.05, 3.63) is 39.2 Å². The molecule has 0 aliphatic rings. The first-order valence-corrected chi connectivity index (χ1v) is 5.51. The van der Waals surface area contributed by atoms with Gasteiger partial charge in [-0.05, 0) is 12.1 Å². The Kier molecular flexibility index (Phi) is 3.17. The average molecular weight is 321 g/mol. The maximum atomic E-state index is 13.4. The second kappa shape index (κ2) is 4.46. The van der Waals surface area contributed by atoms with Gasteiger partial charge in [0.15, 0.2) is 11.5 Å². The van der Waals surface area contributed by atoms with Crippen LogP contribution in [0.1, 0.15) is 10.5 Å². The predicted molar refractivity (Wildman–Crippen MR) is 61.6 cm³/mol. The van der Waals surface area contributed by atoms with Gasteiger partial charge in [-0.3, -0.25) is 0 Å². The van der Waals surface area contributed by atoms with Gasteiger partial charge < -0.3 is 9.63 Å². The van der Waals surface area contributed by atoms with Crippen LogP contribution in [0.4, 0.5) is 4.39 Å². The molecule has 0 radical (unpaired) electrons. The number of carboxylic acid groups (broad SMARTS) is 1. The molecule has 1 aromatic carbocycles. The summed E-state index contributed by atoms with van der Waals surface area (Å²) in [5.41, 5.74) is -0.0324. The topological polar surface area (TPSA) is 63.3 Å². The molecule has 0 aliphatic carbocycles. The van der Waals surface area contributed by atoms with E-state index in [1.165, 1.54) is 18.2 Å². The monoisotopic (exact) mass is 319 g/mol. The number of nitrogens with zero attached hydrogens (tertiary/aromatic N) is 1. The third-order valence-electron chi connectivity index (χ3n) is 1.99. The van der Waals surface area contributed by atoms with Gasteiger partial charge in [0.05, 0.1) is 5.02 Å². The van der Waals surface area contributed by atoms with E-state index in [4.69, 9.17) is 21.2 Å². The molecule has 17 heavy (non-hydrogen) atoms. The fourth-order valence-corrected chi connectivity index (χ4v) is 1.87. The van der Waals surface area contributed by atoms with E-state index in [0.717, 1.165) is 0 Å². The highest BCUT2D eigenvalue weighted by molar-refractivity contribution is 9.10. The Morgan fingerprint density at radius 3 is 2.76 bits per heavy atom. The Labute approximate surface area is 108 Å². The van der Waals surface area contributed by atoms with Crippen molar-refractivity contribution in [3.63, 3.8) is 0 Å². The van der Waals surface area contributed by atoms with Gasteiger partial charge in [0.2, 0.25) is 0 Å². The second-order valence-electron chi connectivity index (χ2n) is 3.13. The zero-order chi connectivity index (χ0) is 12.6. The summed E-state index contributed by atoms with van der Waals surface area (Å²) in [4.78, 5) is 10.6. The molecule has 0 amide bonds. The normalized spacial score (nSPS) is 10.5. The molecule has 0 aliphatic heterocycles. The highest BCUT2D eigenvalue weighted by Gasteiger charge is 2.17. The minimum absolute atomic E-state index is 0.0904. The fraction of sp³-hybridized carbons (Fsp3) is 0. The van der Waals surface area contributed by atoms with E-state index in [1.807, 2.05) is 0 Å². The summed E-state index contributed by atoms with van der Waals surface area (Å²) in [6.45, 7) is 0. The van der Waals surface area contributed by atoms with E-state index >= 15 is 0 Å². The standard InChI is InChI=1S/C10H4BrClFNO3/c11-4-1-5(9(12)6(13)2-4)8-3-7(10(15)16)14-17-8/h1-3H,(H,15,16). The summed E-state index contributed by atoms with van der Waals surface area (Å²) >= 11 is 8.86. The van der Waals surface area contributed by atoms with Gasteiger partial charge in [-0.25, -0.2) is 9.18 Å². The number of rotatable bonds is 2. The summed E-state index contributed by atoms with van der Waals surface area (Å²) in [6.07, 6.45) is 0. The molecule has 88 valence electrons. The molecule has 2 rings (SSSR count). The lowest BCUT2D eigenvalue weighted by molar-refractivity contribution is 0.0686.